The molecule has 0 atom stereocenters. The molecule has 0 aliphatic heterocycles. The molecule has 0 N–H and O–H groups in total. The summed E-state index contributed by atoms with van der Waals surface area (Å²) in [6, 6.07) is 2.19. The molecule has 1 aliphatic carbocycles. The van der Waals surface area contributed by atoms with Gasteiger partial charge in [0.2, 0.25) is 0 Å². The lowest BCUT2D eigenvalue weighted by Gasteiger charge is -2.08. The number of carbonyl (C=O) groups is 1. The van der Waals surface area contributed by atoms with E-state index in [0.717, 1.165) is 0 Å². The van der Waals surface area contributed by atoms with E-state index < -0.39 is 0 Å². The van der Waals surface area contributed by atoms with Crippen molar-refractivity contribution in [3.63, 3.8) is 0 Å². The highest BCUT2D eigenvalue weighted by molar-refractivity contribution is 7.12. The molecule has 0 saturated carbocycles. The maximum absolute atomic E-state index is 11.3. The highest BCUT2D eigenvalue weighted by Gasteiger charge is 2.15. The lowest BCUT2D eigenvalue weighted by Crippen LogP contribution is -2.06. The third kappa shape index (κ3) is 2.59. The maximum Gasteiger partial charge on any atom is 0.311 e. The molecule has 15 heavy (non-hydrogen) atoms. The number of rotatable bonds is 3. The second-order valence-electron chi connectivity index (χ2n) is 3.85. The summed E-state index contributed by atoms with van der Waals surface area (Å²) in [4.78, 5) is 14.0. The highest BCUT2D eigenvalue weighted by atomic mass is 32.1. The highest BCUT2D eigenvalue weighted by Crippen LogP contribution is 2.29. The zero-order valence-corrected chi connectivity index (χ0v) is 9.86. The molecule has 1 aromatic rings. The molecule has 2 rings (SSSR count). The molecular formula is C12H16O2S. The molecule has 0 aromatic carbocycles. The molecule has 1 heterocycles. The average Bonchev–Trinajstić information content (AvgIpc) is 2.59. The number of ether oxygens (including phenoxy) is 1. The Morgan fingerprint density at radius 1 is 1.47 bits per heavy atom. The van der Waals surface area contributed by atoms with Gasteiger partial charge in [-0.15, -0.1) is 11.3 Å². The minimum atomic E-state index is -0.101. The Hall–Kier alpha value is -0.830. The first-order valence-corrected chi connectivity index (χ1v) is 6.37. The zero-order valence-electron chi connectivity index (χ0n) is 9.04. The predicted octanol–water partition coefficient (Wildman–Crippen LogP) is 2.73. The van der Waals surface area contributed by atoms with Gasteiger partial charge in [-0.25, -0.2) is 0 Å². The fourth-order valence-corrected chi connectivity index (χ4v) is 3.24. The molecule has 82 valence electrons. The summed E-state index contributed by atoms with van der Waals surface area (Å²) in [6.07, 6.45) is 5.43. The number of hydrogen-bond donors (Lipinski definition) is 0. The lowest BCUT2D eigenvalue weighted by molar-refractivity contribution is -0.142. The van der Waals surface area contributed by atoms with Crippen LogP contribution in [0.5, 0.6) is 0 Å². The lowest BCUT2D eigenvalue weighted by atomic mass is 9.99. The number of thiophene rings is 1. The van der Waals surface area contributed by atoms with Gasteiger partial charge in [-0.2, -0.15) is 0 Å². The summed E-state index contributed by atoms with van der Waals surface area (Å²) in [5.74, 6) is -0.101. The van der Waals surface area contributed by atoms with E-state index in [1.54, 1.807) is 11.3 Å². The van der Waals surface area contributed by atoms with Crippen molar-refractivity contribution >= 4 is 17.3 Å². The van der Waals surface area contributed by atoms with Crippen LogP contribution in [0.2, 0.25) is 0 Å². The Morgan fingerprint density at radius 2 is 2.27 bits per heavy atom. The number of carbonyl (C=O) groups excluding carboxylic acids is 1. The molecule has 2 nitrogen and oxygen atoms in total. The van der Waals surface area contributed by atoms with Crippen LogP contribution in [0.25, 0.3) is 0 Å². The minimum absolute atomic E-state index is 0.101. The second kappa shape index (κ2) is 4.79. The van der Waals surface area contributed by atoms with Gasteiger partial charge in [0.1, 0.15) is 0 Å². The van der Waals surface area contributed by atoms with Crippen molar-refractivity contribution in [1.82, 2.24) is 0 Å². The Morgan fingerprint density at radius 3 is 3.00 bits per heavy atom. The van der Waals surface area contributed by atoms with Gasteiger partial charge >= 0.3 is 5.97 Å². The SMILES string of the molecule is CCOC(=O)Cc1cc2c(s1)CCCC2. The van der Waals surface area contributed by atoms with Crippen LogP contribution in [0.3, 0.4) is 0 Å². The van der Waals surface area contributed by atoms with Crippen LogP contribution in [0, 0.1) is 0 Å². The summed E-state index contributed by atoms with van der Waals surface area (Å²) >= 11 is 1.79. The van der Waals surface area contributed by atoms with E-state index in [-0.39, 0.29) is 5.97 Å². The second-order valence-corrected chi connectivity index (χ2v) is 5.07. The fourth-order valence-electron chi connectivity index (χ4n) is 1.99. The van der Waals surface area contributed by atoms with E-state index in [4.69, 9.17) is 4.74 Å². The standard InChI is InChI=1S/C12H16O2S/c1-2-14-12(13)8-10-7-9-5-3-4-6-11(9)15-10/h7H,2-6,8H2,1H3. The first kappa shape index (κ1) is 10.7. The van der Waals surface area contributed by atoms with Gasteiger partial charge in [0.25, 0.3) is 0 Å². The summed E-state index contributed by atoms with van der Waals surface area (Å²) < 4.78 is 4.95. The average molecular weight is 224 g/mol. The van der Waals surface area contributed by atoms with Crippen LogP contribution in [-0.2, 0) is 28.8 Å². The van der Waals surface area contributed by atoms with E-state index in [2.05, 4.69) is 6.07 Å². The van der Waals surface area contributed by atoms with Crippen LogP contribution in [-0.4, -0.2) is 12.6 Å². The van der Waals surface area contributed by atoms with Gasteiger partial charge in [0.15, 0.2) is 0 Å². The Labute approximate surface area is 94.3 Å². The summed E-state index contributed by atoms with van der Waals surface area (Å²) in [6.45, 7) is 2.32. The Kier molecular flexibility index (Phi) is 3.41. The van der Waals surface area contributed by atoms with Crippen molar-refractivity contribution in [2.45, 2.75) is 39.0 Å². The van der Waals surface area contributed by atoms with Crippen LogP contribution in [0.4, 0.5) is 0 Å². The normalized spacial score (nSPS) is 14.7. The van der Waals surface area contributed by atoms with Gasteiger partial charge in [0, 0.05) is 9.75 Å². The van der Waals surface area contributed by atoms with Gasteiger partial charge in [0.05, 0.1) is 13.0 Å². The molecule has 0 radical (unpaired) electrons. The molecule has 1 aliphatic rings. The number of esters is 1. The van der Waals surface area contributed by atoms with Crippen molar-refractivity contribution in [3.8, 4) is 0 Å². The molecule has 3 heteroatoms. The molecule has 1 aromatic heterocycles. The van der Waals surface area contributed by atoms with Crippen LogP contribution in [0.15, 0.2) is 6.07 Å². The van der Waals surface area contributed by atoms with Crippen LogP contribution >= 0.6 is 11.3 Å². The van der Waals surface area contributed by atoms with Gasteiger partial charge in [-0.05, 0) is 44.2 Å². The number of aryl methyl sites for hydroxylation is 2. The summed E-state index contributed by atoms with van der Waals surface area (Å²) in [5.41, 5.74) is 1.46. The van der Waals surface area contributed by atoms with E-state index in [0.29, 0.717) is 13.0 Å². The molecular weight excluding hydrogens is 208 g/mol. The zero-order chi connectivity index (χ0) is 10.7. The molecule has 0 amide bonds. The van der Waals surface area contributed by atoms with Crippen molar-refractivity contribution < 1.29 is 9.53 Å². The van der Waals surface area contributed by atoms with E-state index in [1.807, 2.05) is 6.92 Å². The van der Waals surface area contributed by atoms with Crippen molar-refractivity contribution in [3.05, 3.63) is 21.4 Å². The molecule has 0 unspecified atom stereocenters. The van der Waals surface area contributed by atoms with Gasteiger partial charge < -0.3 is 4.74 Å². The smallest absolute Gasteiger partial charge is 0.311 e. The van der Waals surface area contributed by atoms with Crippen molar-refractivity contribution in [2.75, 3.05) is 6.61 Å². The molecule has 0 spiro atoms. The van der Waals surface area contributed by atoms with Crippen LogP contribution < -0.4 is 0 Å². The maximum atomic E-state index is 11.3. The first-order valence-electron chi connectivity index (χ1n) is 5.55. The number of hydrogen-bond acceptors (Lipinski definition) is 3. The van der Waals surface area contributed by atoms with Crippen molar-refractivity contribution in [1.29, 1.82) is 0 Å². The third-order valence-corrected chi connectivity index (χ3v) is 3.91. The largest absolute Gasteiger partial charge is 0.466 e. The van der Waals surface area contributed by atoms with Gasteiger partial charge in [-0.3, -0.25) is 4.79 Å². The predicted molar refractivity (Wildman–Crippen MR) is 61.3 cm³/mol. The first-order chi connectivity index (χ1) is 7.29. The van der Waals surface area contributed by atoms with E-state index in [1.165, 1.54) is 41.0 Å². The number of fused-ring (bicyclic) bond motifs is 1. The van der Waals surface area contributed by atoms with E-state index >= 15 is 0 Å². The summed E-state index contributed by atoms with van der Waals surface area (Å²) in [7, 11) is 0. The molecule has 0 bridgehead atoms. The monoisotopic (exact) mass is 224 g/mol. The van der Waals surface area contributed by atoms with Crippen molar-refractivity contribution in [2.24, 2.45) is 0 Å². The fraction of sp³-hybridized carbons (Fsp3) is 0.583. The Bertz CT molecular complexity index is 331. The topological polar surface area (TPSA) is 26.3 Å². The molecule has 0 fully saturated rings. The quantitative estimate of drug-likeness (QED) is 0.738. The van der Waals surface area contributed by atoms with Gasteiger partial charge in [-0.1, -0.05) is 0 Å². The minimum Gasteiger partial charge on any atom is -0.466 e. The summed E-state index contributed by atoms with van der Waals surface area (Å²) in [5, 5.41) is 0. The molecule has 0 saturated heterocycles. The van der Waals surface area contributed by atoms with Crippen LogP contribution in [0.1, 0.15) is 35.1 Å². The Balaban J connectivity index is 2.03. The third-order valence-electron chi connectivity index (χ3n) is 2.67. The van der Waals surface area contributed by atoms with E-state index in [9.17, 15) is 4.79 Å².